The number of sulfone groups is 1. The topological polar surface area (TPSA) is 115 Å². The second kappa shape index (κ2) is 7.39. The van der Waals surface area contributed by atoms with Gasteiger partial charge in [0.2, 0.25) is 14.9 Å². The highest BCUT2D eigenvalue weighted by Gasteiger charge is 2.39. The smallest absolute Gasteiger partial charge is 0.287 e. The quantitative estimate of drug-likeness (QED) is 0.588. The molecule has 1 amide bonds. The first-order valence-corrected chi connectivity index (χ1v) is 11.9. The summed E-state index contributed by atoms with van der Waals surface area (Å²) in [7, 11) is -3.44. The van der Waals surface area contributed by atoms with Crippen molar-refractivity contribution in [3.8, 4) is 0 Å². The second-order valence-corrected chi connectivity index (χ2v) is 10.5. The zero-order valence-corrected chi connectivity index (χ0v) is 17.6. The third kappa shape index (κ3) is 3.72. The van der Waals surface area contributed by atoms with E-state index in [2.05, 4.69) is 15.3 Å². The fraction of sp³-hybridized carbons (Fsp3) is 0.450. The lowest BCUT2D eigenvalue weighted by atomic mass is 9.86. The molecular weight excluding hydrogens is 430 g/mol. The minimum Gasteiger partial charge on any atom is -0.440 e. The Hall–Kier alpha value is -2.39. The molecule has 2 aliphatic carbocycles. The summed E-state index contributed by atoms with van der Waals surface area (Å²) in [6.07, 6.45) is 6.06. The Morgan fingerprint density at radius 3 is 2.60 bits per heavy atom. The van der Waals surface area contributed by atoms with Crippen LogP contribution in [0.2, 0.25) is 5.15 Å². The van der Waals surface area contributed by atoms with E-state index in [1.54, 1.807) is 12.3 Å². The SMILES string of the molecule is O=C(NC1CCC(c2nc3cnc(Cl)cc3o2)CC1)c1ccc(S(=O)(=O)C2CC2)o1. The first-order valence-electron chi connectivity index (χ1n) is 9.97. The number of fused-ring (bicyclic) bond motifs is 1. The lowest BCUT2D eigenvalue weighted by Gasteiger charge is -2.27. The van der Waals surface area contributed by atoms with E-state index in [0.29, 0.717) is 35.0 Å². The first kappa shape index (κ1) is 19.6. The number of amides is 1. The zero-order valence-electron chi connectivity index (χ0n) is 16.0. The first-order chi connectivity index (χ1) is 14.4. The van der Waals surface area contributed by atoms with Crippen molar-refractivity contribution < 1.29 is 22.0 Å². The number of hydrogen-bond acceptors (Lipinski definition) is 7. The standard InChI is InChI=1S/C20H20ClN3O5S/c21-17-9-16-14(10-22-17)24-20(29-16)11-1-3-12(4-2-11)23-19(25)15-7-8-18(28-15)30(26,27)13-5-6-13/h7-13H,1-6H2,(H,23,25). The molecule has 0 aliphatic heterocycles. The molecule has 3 aromatic heterocycles. The average molecular weight is 450 g/mol. The van der Waals surface area contributed by atoms with Crippen molar-refractivity contribution in [3.05, 3.63) is 41.2 Å². The van der Waals surface area contributed by atoms with Gasteiger partial charge in [-0.1, -0.05) is 11.6 Å². The van der Waals surface area contributed by atoms with E-state index in [4.69, 9.17) is 20.4 Å². The molecule has 5 rings (SSSR count). The van der Waals surface area contributed by atoms with Gasteiger partial charge in [0.25, 0.3) is 5.91 Å². The van der Waals surface area contributed by atoms with Crippen LogP contribution in [0.15, 0.2) is 38.3 Å². The molecule has 10 heteroatoms. The molecule has 2 aliphatic rings. The van der Waals surface area contributed by atoms with Crippen LogP contribution < -0.4 is 5.32 Å². The van der Waals surface area contributed by atoms with Crippen LogP contribution >= 0.6 is 11.6 Å². The summed E-state index contributed by atoms with van der Waals surface area (Å²) in [5.74, 6) is 0.473. The number of aromatic nitrogens is 2. The molecule has 0 spiro atoms. The van der Waals surface area contributed by atoms with Gasteiger partial charge in [0.15, 0.2) is 17.2 Å². The molecule has 3 aromatic rings. The summed E-state index contributed by atoms with van der Waals surface area (Å²) >= 11 is 5.90. The predicted octanol–water partition coefficient (Wildman–Crippen LogP) is 3.86. The minimum absolute atomic E-state index is 0.0113. The van der Waals surface area contributed by atoms with Crippen molar-refractivity contribution in [2.24, 2.45) is 0 Å². The highest BCUT2D eigenvalue weighted by Crippen LogP contribution is 2.35. The Kier molecular flexibility index (Phi) is 4.82. The molecule has 158 valence electrons. The van der Waals surface area contributed by atoms with Crippen LogP contribution in [0, 0.1) is 0 Å². The van der Waals surface area contributed by atoms with Gasteiger partial charge in [-0.25, -0.2) is 18.4 Å². The van der Waals surface area contributed by atoms with Crippen LogP contribution in [0.1, 0.15) is 60.9 Å². The molecular formula is C20H20ClN3O5S. The van der Waals surface area contributed by atoms with Crippen LogP contribution in [-0.2, 0) is 9.84 Å². The van der Waals surface area contributed by atoms with E-state index in [9.17, 15) is 13.2 Å². The molecule has 3 heterocycles. The molecule has 0 radical (unpaired) electrons. The minimum atomic E-state index is -3.44. The molecule has 2 fully saturated rings. The van der Waals surface area contributed by atoms with Gasteiger partial charge in [0.1, 0.15) is 10.7 Å². The lowest BCUT2D eigenvalue weighted by Crippen LogP contribution is -2.37. The predicted molar refractivity (Wildman–Crippen MR) is 108 cm³/mol. The van der Waals surface area contributed by atoms with Gasteiger partial charge in [0, 0.05) is 18.0 Å². The molecule has 30 heavy (non-hydrogen) atoms. The molecule has 1 N–H and O–H groups in total. The maximum atomic E-state index is 12.5. The Bertz CT molecular complexity index is 1210. The van der Waals surface area contributed by atoms with Crippen LogP contribution in [0.3, 0.4) is 0 Å². The van der Waals surface area contributed by atoms with E-state index in [0.717, 1.165) is 25.7 Å². The van der Waals surface area contributed by atoms with Crippen LogP contribution in [0.5, 0.6) is 0 Å². The molecule has 2 saturated carbocycles. The average Bonchev–Trinajstić information content (AvgIpc) is 3.32. The Balaban J connectivity index is 1.20. The maximum Gasteiger partial charge on any atom is 0.287 e. The third-order valence-corrected chi connectivity index (χ3v) is 8.05. The number of oxazole rings is 1. The number of halogens is 1. The number of nitrogens with one attached hydrogen (secondary N) is 1. The van der Waals surface area contributed by atoms with Crippen molar-refractivity contribution >= 4 is 38.4 Å². The lowest BCUT2D eigenvalue weighted by molar-refractivity contribution is 0.0891. The second-order valence-electron chi connectivity index (χ2n) is 7.91. The number of rotatable bonds is 5. The van der Waals surface area contributed by atoms with Crippen LogP contribution in [-0.4, -0.2) is 35.6 Å². The molecule has 0 bridgehead atoms. The maximum absolute atomic E-state index is 12.5. The van der Waals surface area contributed by atoms with Gasteiger partial charge in [-0.3, -0.25) is 4.79 Å². The molecule has 0 unspecified atom stereocenters. The number of pyridine rings is 1. The number of carbonyl (C=O) groups excluding carboxylic acids is 1. The Morgan fingerprint density at radius 1 is 1.10 bits per heavy atom. The van der Waals surface area contributed by atoms with Crippen molar-refractivity contribution in [2.45, 2.75) is 60.8 Å². The van der Waals surface area contributed by atoms with E-state index >= 15 is 0 Å². The summed E-state index contributed by atoms with van der Waals surface area (Å²) in [5, 5.41) is 2.82. The normalized spacial score (nSPS) is 22.3. The van der Waals surface area contributed by atoms with Crippen LogP contribution in [0.25, 0.3) is 11.1 Å². The highest BCUT2D eigenvalue weighted by atomic mass is 35.5. The molecule has 0 saturated heterocycles. The van der Waals surface area contributed by atoms with Gasteiger partial charge >= 0.3 is 0 Å². The Morgan fingerprint density at radius 2 is 1.87 bits per heavy atom. The summed E-state index contributed by atoms with van der Waals surface area (Å²) in [4.78, 5) is 21.0. The summed E-state index contributed by atoms with van der Waals surface area (Å²) < 4.78 is 35.6. The Labute approximate surface area is 177 Å². The van der Waals surface area contributed by atoms with E-state index < -0.39 is 15.7 Å². The third-order valence-electron chi connectivity index (χ3n) is 5.72. The van der Waals surface area contributed by atoms with Crippen molar-refractivity contribution in [3.63, 3.8) is 0 Å². The van der Waals surface area contributed by atoms with Crippen molar-refractivity contribution in [1.82, 2.24) is 15.3 Å². The fourth-order valence-corrected chi connectivity index (χ4v) is 5.58. The summed E-state index contributed by atoms with van der Waals surface area (Å²) in [5.41, 5.74) is 1.30. The van der Waals surface area contributed by atoms with Crippen molar-refractivity contribution in [2.75, 3.05) is 0 Å². The van der Waals surface area contributed by atoms with Crippen LogP contribution in [0.4, 0.5) is 0 Å². The van der Waals surface area contributed by atoms with Gasteiger partial charge < -0.3 is 14.2 Å². The summed E-state index contributed by atoms with van der Waals surface area (Å²) in [6.45, 7) is 0. The number of carbonyl (C=O) groups is 1. The largest absolute Gasteiger partial charge is 0.440 e. The highest BCUT2D eigenvalue weighted by molar-refractivity contribution is 7.92. The van der Waals surface area contributed by atoms with E-state index in [-0.39, 0.29) is 28.1 Å². The molecule has 0 atom stereocenters. The number of nitrogens with zero attached hydrogens (tertiary/aromatic N) is 2. The number of hydrogen-bond donors (Lipinski definition) is 1. The van der Waals surface area contributed by atoms with Gasteiger partial charge in [-0.05, 0) is 50.7 Å². The van der Waals surface area contributed by atoms with Gasteiger partial charge in [0.05, 0.1) is 11.4 Å². The zero-order chi connectivity index (χ0) is 20.9. The monoisotopic (exact) mass is 449 g/mol. The number of furan rings is 1. The van der Waals surface area contributed by atoms with E-state index in [1.807, 2.05) is 0 Å². The van der Waals surface area contributed by atoms with Gasteiger partial charge in [-0.15, -0.1) is 0 Å². The molecule has 8 nitrogen and oxygen atoms in total. The van der Waals surface area contributed by atoms with E-state index in [1.165, 1.54) is 12.1 Å². The van der Waals surface area contributed by atoms with Crippen molar-refractivity contribution in [1.29, 1.82) is 0 Å². The molecule has 0 aromatic carbocycles. The van der Waals surface area contributed by atoms with Gasteiger partial charge in [-0.2, -0.15) is 0 Å². The summed E-state index contributed by atoms with van der Waals surface area (Å²) in [6, 6.07) is 4.43. The fourth-order valence-electron chi connectivity index (χ4n) is 3.88.